The van der Waals surface area contributed by atoms with E-state index in [9.17, 15) is 9.90 Å². The number of rotatable bonds is 5. The Morgan fingerprint density at radius 2 is 2.40 bits per heavy atom. The number of nitrogens with one attached hydrogen (secondary N) is 1. The summed E-state index contributed by atoms with van der Waals surface area (Å²) in [5, 5.41) is 13.1. The molecule has 2 atom stereocenters. The monoisotopic (exact) mass is 279 g/mol. The Bertz CT molecular complexity index is 477. The SMILES string of the molecule is COCc1cccc(C(=O)NCC2(O)CCOC2C)c1. The van der Waals surface area contributed by atoms with E-state index >= 15 is 0 Å². The molecule has 110 valence electrons. The Morgan fingerprint density at radius 1 is 1.60 bits per heavy atom. The number of aliphatic hydroxyl groups is 1. The molecule has 1 heterocycles. The highest BCUT2D eigenvalue weighted by atomic mass is 16.5. The van der Waals surface area contributed by atoms with Gasteiger partial charge in [-0.1, -0.05) is 12.1 Å². The summed E-state index contributed by atoms with van der Waals surface area (Å²) in [4.78, 5) is 12.1. The van der Waals surface area contributed by atoms with Crippen molar-refractivity contribution < 1.29 is 19.4 Å². The number of methoxy groups -OCH3 is 1. The topological polar surface area (TPSA) is 67.8 Å². The number of carbonyl (C=O) groups excluding carboxylic acids is 1. The minimum atomic E-state index is -0.972. The molecular formula is C15H21NO4. The Hall–Kier alpha value is -1.43. The molecule has 1 aliphatic heterocycles. The van der Waals surface area contributed by atoms with Gasteiger partial charge in [0.1, 0.15) is 5.60 Å². The van der Waals surface area contributed by atoms with Gasteiger partial charge in [0, 0.05) is 32.2 Å². The Morgan fingerprint density at radius 3 is 3.05 bits per heavy atom. The van der Waals surface area contributed by atoms with Crippen LogP contribution >= 0.6 is 0 Å². The molecule has 0 bridgehead atoms. The summed E-state index contributed by atoms with van der Waals surface area (Å²) >= 11 is 0. The lowest BCUT2D eigenvalue weighted by Gasteiger charge is -2.26. The summed E-state index contributed by atoms with van der Waals surface area (Å²) in [5.74, 6) is -0.199. The van der Waals surface area contributed by atoms with Crippen LogP contribution in [-0.4, -0.2) is 43.0 Å². The Balaban J connectivity index is 1.96. The molecule has 0 aliphatic carbocycles. The molecule has 0 aromatic heterocycles. The predicted octanol–water partition coefficient (Wildman–Crippen LogP) is 1.10. The molecule has 1 aromatic carbocycles. The van der Waals surface area contributed by atoms with Gasteiger partial charge in [-0.3, -0.25) is 4.79 Å². The zero-order chi connectivity index (χ0) is 14.6. The summed E-state index contributed by atoms with van der Waals surface area (Å²) < 4.78 is 10.4. The highest BCUT2D eigenvalue weighted by Crippen LogP contribution is 2.24. The van der Waals surface area contributed by atoms with Crippen molar-refractivity contribution in [1.29, 1.82) is 0 Å². The van der Waals surface area contributed by atoms with Gasteiger partial charge >= 0.3 is 0 Å². The van der Waals surface area contributed by atoms with Crippen LogP contribution in [0.25, 0.3) is 0 Å². The first-order valence-corrected chi connectivity index (χ1v) is 6.75. The zero-order valence-electron chi connectivity index (χ0n) is 11.9. The van der Waals surface area contributed by atoms with Crippen LogP contribution in [0, 0.1) is 0 Å². The van der Waals surface area contributed by atoms with Gasteiger partial charge in [0.15, 0.2) is 0 Å². The molecule has 20 heavy (non-hydrogen) atoms. The van der Waals surface area contributed by atoms with Crippen LogP contribution in [0.2, 0.25) is 0 Å². The van der Waals surface area contributed by atoms with Gasteiger partial charge in [0.2, 0.25) is 0 Å². The van der Waals surface area contributed by atoms with Crippen molar-refractivity contribution in [2.75, 3.05) is 20.3 Å². The van der Waals surface area contributed by atoms with Crippen LogP contribution in [0.1, 0.15) is 29.3 Å². The predicted molar refractivity (Wildman–Crippen MR) is 74.5 cm³/mol. The third kappa shape index (κ3) is 3.36. The fraction of sp³-hybridized carbons (Fsp3) is 0.533. The second-order valence-corrected chi connectivity index (χ2v) is 5.18. The summed E-state index contributed by atoms with van der Waals surface area (Å²) in [6, 6.07) is 7.25. The lowest BCUT2D eigenvalue weighted by atomic mass is 9.96. The van der Waals surface area contributed by atoms with Crippen molar-refractivity contribution in [3.05, 3.63) is 35.4 Å². The van der Waals surface area contributed by atoms with E-state index in [2.05, 4.69) is 5.32 Å². The summed E-state index contributed by atoms with van der Waals surface area (Å²) in [7, 11) is 1.61. The number of benzene rings is 1. The highest BCUT2D eigenvalue weighted by Gasteiger charge is 2.39. The second-order valence-electron chi connectivity index (χ2n) is 5.18. The molecule has 1 saturated heterocycles. The van der Waals surface area contributed by atoms with Crippen molar-refractivity contribution in [1.82, 2.24) is 5.32 Å². The largest absolute Gasteiger partial charge is 0.385 e. The molecule has 1 aromatic rings. The first kappa shape index (κ1) is 15.0. The Kier molecular flexibility index (Phi) is 4.75. The van der Waals surface area contributed by atoms with Crippen LogP contribution in [0.3, 0.4) is 0 Å². The zero-order valence-corrected chi connectivity index (χ0v) is 11.9. The van der Waals surface area contributed by atoms with Gasteiger partial charge in [-0.2, -0.15) is 0 Å². The second kappa shape index (κ2) is 6.35. The molecule has 2 N–H and O–H groups in total. The summed E-state index contributed by atoms with van der Waals surface area (Å²) in [5.41, 5.74) is 0.533. The van der Waals surface area contributed by atoms with E-state index in [1.807, 2.05) is 19.1 Å². The van der Waals surface area contributed by atoms with Crippen molar-refractivity contribution in [2.45, 2.75) is 31.7 Å². The van der Waals surface area contributed by atoms with Gasteiger partial charge in [-0.05, 0) is 24.6 Å². The standard InChI is InChI=1S/C15H21NO4/c1-11-15(18,6-7-20-11)10-16-14(17)13-5-3-4-12(8-13)9-19-2/h3-5,8,11,18H,6-7,9-10H2,1-2H3,(H,16,17). The van der Waals surface area contributed by atoms with Crippen LogP contribution in [-0.2, 0) is 16.1 Å². The lowest BCUT2D eigenvalue weighted by Crippen LogP contribution is -2.47. The van der Waals surface area contributed by atoms with Gasteiger partial charge in [-0.25, -0.2) is 0 Å². The molecule has 2 rings (SSSR count). The van der Waals surface area contributed by atoms with Crippen molar-refractivity contribution in [3.63, 3.8) is 0 Å². The van der Waals surface area contributed by atoms with Gasteiger partial charge in [0.25, 0.3) is 5.91 Å². The van der Waals surface area contributed by atoms with Crippen LogP contribution in [0.5, 0.6) is 0 Å². The fourth-order valence-electron chi connectivity index (χ4n) is 2.31. The minimum Gasteiger partial charge on any atom is -0.385 e. The quantitative estimate of drug-likeness (QED) is 0.847. The number of hydrogen-bond acceptors (Lipinski definition) is 4. The van der Waals surface area contributed by atoms with E-state index in [-0.39, 0.29) is 18.6 Å². The van der Waals surface area contributed by atoms with E-state index in [0.717, 1.165) is 5.56 Å². The van der Waals surface area contributed by atoms with Gasteiger partial charge < -0.3 is 19.9 Å². The Labute approximate surface area is 118 Å². The summed E-state index contributed by atoms with van der Waals surface area (Å²) in [6.07, 6.45) is 0.278. The van der Waals surface area contributed by atoms with Gasteiger partial charge in [0.05, 0.1) is 12.7 Å². The molecular weight excluding hydrogens is 258 g/mol. The molecule has 0 radical (unpaired) electrons. The molecule has 1 amide bonds. The smallest absolute Gasteiger partial charge is 0.251 e. The average molecular weight is 279 g/mol. The molecule has 2 unspecified atom stereocenters. The highest BCUT2D eigenvalue weighted by molar-refractivity contribution is 5.94. The van der Waals surface area contributed by atoms with Crippen LogP contribution in [0.15, 0.2) is 24.3 Å². The maximum atomic E-state index is 12.1. The van der Waals surface area contributed by atoms with Crippen molar-refractivity contribution in [2.24, 2.45) is 0 Å². The van der Waals surface area contributed by atoms with E-state index in [1.165, 1.54) is 0 Å². The number of hydrogen-bond donors (Lipinski definition) is 2. The lowest BCUT2D eigenvalue weighted by molar-refractivity contribution is -0.0251. The van der Waals surface area contributed by atoms with Crippen LogP contribution < -0.4 is 5.32 Å². The van der Waals surface area contributed by atoms with E-state index < -0.39 is 5.60 Å². The first-order chi connectivity index (χ1) is 9.55. The molecule has 0 spiro atoms. The molecule has 0 saturated carbocycles. The normalized spacial score (nSPS) is 25.6. The molecule has 1 aliphatic rings. The number of carbonyl (C=O) groups is 1. The average Bonchev–Trinajstić information content (AvgIpc) is 2.77. The third-order valence-electron chi connectivity index (χ3n) is 3.71. The summed E-state index contributed by atoms with van der Waals surface area (Å²) in [6.45, 7) is 3.01. The minimum absolute atomic E-state index is 0.196. The van der Waals surface area contributed by atoms with Crippen molar-refractivity contribution >= 4 is 5.91 Å². The van der Waals surface area contributed by atoms with E-state index in [4.69, 9.17) is 9.47 Å². The van der Waals surface area contributed by atoms with Crippen LogP contribution in [0.4, 0.5) is 0 Å². The van der Waals surface area contributed by atoms with Crippen molar-refractivity contribution in [3.8, 4) is 0 Å². The maximum absolute atomic E-state index is 12.1. The number of amides is 1. The fourth-order valence-corrected chi connectivity index (χ4v) is 2.31. The number of ether oxygens (including phenoxy) is 2. The molecule has 1 fully saturated rings. The molecule has 5 nitrogen and oxygen atoms in total. The van der Waals surface area contributed by atoms with E-state index in [0.29, 0.717) is 25.2 Å². The maximum Gasteiger partial charge on any atom is 0.251 e. The first-order valence-electron chi connectivity index (χ1n) is 6.75. The van der Waals surface area contributed by atoms with E-state index in [1.54, 1.807) is 19.2 Å². The third-order valence-corrected chi connectivity index (χ3v) is 3.71. The van der Waals surface area contributed by atoms with Gasteiger partial charge in [-0.15, -0.1) is 0 Å². The molecule has 5 heteroatoms.